The fourth-order valence-corrected chi connectivity index (χ4v) is 2.20. The number of fused-ring (bicyclic) bond motifs is 1. The number of hydrogen-bond donors (Lipinski definition) is 3. The Bertz CT molecular complexity index is 490. The number of rotatable bonds is 4. The molecule has 0 fully saturated rings. The normalized spacial score (nSPS) is 16.8. The molecular formula is C13H18N2O4. The highest BCUT2D eigenvalue weighted by Crippen LogP contribution is 2.35. The van der Waals surface area contributed by atoms with E-state index >= 15 is 0 Å². The number of nitrogens with two attached hydrogens (primary N) is 1. The van der Waals surface area contributed by atoms with Gasteiger partial charge in [-0.25, -0.2) is 0 Å². The van der Waals surface area contributed by atoms with Gasteiger partial charge in [-0.15, -0.1) is 0 Å². The van der Waals surface area contributed by atoms with Crippen molar-refractivity contribution in [3.05, 3.63) is 23.3 Å². The van der Waals surface area contributed by atoms with Crippen molar-refractivity contribution in [3.8, 4) is 11.5 Å². The average Bonchev–Trinajstić information content (AvgIpc) is 2.38. The van der Waals surface area contributed by atoms with Crippen LogP contribution in [0.5, 0.6) is 11.5 Å². The number of hydrogen-bond acceptors (Lipinski definition) is 5. The van der Waals surface area contributed by atoms with Crippen LogP contribution in [0.4, 0.5) is 0 Å². The molecule has 0 aromatic heterocycles. The van der Waals surface area contributed by atoms with E-state index < -0.39 is 18.1 Å². The second-order valence-electron chi connectivity index (χ2n) is 4.48. The van der Waals surface area contributed by atoms with Gasteiger partial charge in [-0.2, -0.15) is 0 Å². The molecule has 4 N–H and O–H groups in total. The summed E-state index contributed by atoms with van der Waals surface area (Å²) in [5, 5.41) is 11.8. The molecule has 1 aliphatic heterocycles. The van der Waals surface area contributed by atoms with Gasteiger partial charge < -0.3 is 25.6 Å². The Balaban J connectivity index is 2.36. The molecule has 1 aromatic rings. The zero-order valence-corrected chi connectivity index (χ0v) is 11.0. The first-order chi connectivity index (χ1) is 9.04. The second kappa shape index (κ2) is 5.46. The number of benzene rings is 1. The summed E-state index contributed by atoms with van der Waals surface area (Å²) in [5.41, 5.74) is 7.67. The Morgan fingerprint density at radius 3 is 2.47 bits per heavy atom. The molecule has 0 saturated heterocycles. The first-order valence-electron chi connectivity index (χ1n) is 6.10. The van der Waals surface area contributed by atoms with Crippen LogP contribution in [0, 0.1) is 6.92 Å². The van der Waals surface area contributed by atoms with Crippen molar-refractivity contribution >= 4 is 5.97 Å². The van der Waals surface area contributed by atoms with E-state index in [1.807, 2.05) is 13.0 Å². The summed E-state index contributed by atoms with van der Waals surface area (Å²) in [6, 6.07) is 2.10. The minimum absolute atomic E-state index is 0.485. The average molecular weight is 266 g/mol. The quantitative estimate of drug-likeness (QED) is 0.732. The van der Waals surface area contributed by atoms with E-state index in [-0.39, 0.29) is 0 Å². The topological polar surface area (TPSA) is 93.8 Å². The monoisotopic (exact) mass is 266 g/mol. The van der Waals surface area contributed by atoms with Crippen LogP contribution in [0.15, 0.2) is 12.1 Å². The molecule has 2 unspecified atom stereocenters. The van der Waals surface area contributed by atoms with Gasteiger partial charge in [-0.05, 0) is 37.2 Å². The predicted octanol–water partition coefficient (Wildman–Crippen LogP) is 0.439. The molecule has 1 aromatic carbocycles. The fraction of sp³-hybridized carbons (Fsp3) is 0.462. The summed E-state index contributed by atoms with van der Waals surface area (Å²) in [5.74, 6) is 0.308. The maximum atomic E-state index is 11.1. The smallest absolute Gasteiger partial charge is 0.322 e. The van der Waals surface area contributed by atoms with E-state index in [4.69, 9.17) is 20.3 Å². The van der Waals surface area contributed by atoms with Crippen molar-refractivity contribution in [2.24, 2.45) is 5.73 Å². The lowest BCUT2D eigenvalue weighted by atomic mass is 9.95. The van der Waals surface area contributed by atoms with Gasteiger partial charge in [0.05, 0.1) is 6.04 Å². The molecule has 0 spiro atoms. The number of nitrogens with one attached hydrogen (secondary N) is 1. The summed E-state index contributed by atoms with van der Waals surface area (Å²) in [7, 11) is 1.58. The first kappa shape index (κ1) is 13.6. The molecule has 0 saturated carbocycles. The van der Waals surface area contributed by atoms with E-state index in [0.717, 1.165) is 11.1 Å². The molecule has 19 heavy (non-hydrogen) atoms. The highest BCUT2D eigenvalue weighted by Gasteiger charge is 2.27. The van der Waals surface area contributed by atoms with Crippen LogP contribution in [0.25, 0.3) is 0 Å². The molecule has 6 nitrogen and oxygen atoms in total. The molecule has 0 amide bonds. The highest BCUT2D eigenvalue weighted by molar-refractivity contribution is 5.75. The van der Waals surface area contributed by atoms with Crippen molar-refractivity contribution in [3.63, 3.8) is 0 Å². The molecule has 104 valence electrons. The zero-order valence-electron chi connectivity index (χ0n) is 11.0. The van der Waals surface area contributed by atoms with Gasteiger partial charge in [0.1, 0.15) is 19.3 Å². The van der Waals surface area contributed by atoms with Crippen LogP contribution in [0.3, 0.4) is 0 Å². The van der Waals surface area contributed by atoms with E-state index in [0.29, 0.717) is 24.7 Å². The van der Waals surface area contributed by atoms with E-state index in [1.165, 1.54) is 0 Å². The number of aliphatic carboxylic acids is 1. The molecule has 0 radical (unpaired) electrons. The molecule has 2 rings (SSSR count). The molecule has 2 atom stereocenters. The molecular weight excluding hydrogens is 248 g/mol. The SMILES string of the molecule is CNC(C(=O)O)C(N)c1cc2c(cc1C)OCCO2. The van der Waals surface area contributed by atoms with Crippen molar-refractivity contribution < 1.29 is 19.4 Å². The van der Waals surface area contributed by atoms with Gasteiger partial charge in [0, 0.05) is 0 Å². The second-order valence-corrected chi connectivity index (χ2v) is 4.48. The molecule has 1 aliphatic rings. The minimum Gasteiger partial charge on any atom is -0.486 e. The predicted molar refractivity (Wildman–Crippen MR) is 69.6 cm³/mol. The third-order valence-electron chi connectivity index (χ3n) is 3.23. The maximum Gasteiger partial charge on any atom is 0.322 e. The number of ether oxygens (including phenoxy) is 2. The number of carbonyl (C=O) groups is 1. The minimum atomic E-state index is -0.982. The van der Waals surface area contributed by atoms with E-state index in [9.17, 15) is 4.79 Å². The Hall–Kier alpha value is -1.79. The number of aryl methyl sites for hydroxylation is 1. The Labute approximate surface area is 111 Å². The lowest BCUT2D eigenvalue weighted by Gasteiger charge is -2.25. The Kier molecular flexibility index (Phi) is 3.92. The van der Waals surface area contributed by atoms with Crippen LogP contribution in [0.2, 0.25) is 0 Å². The number of likely N-dealkylation sites (N-methyl/N-ethyl adjacent to an activating group) is 1. The summed E-state index contributed by atoms with van der Waals surface area (Å²) >= 11 is 0. The van der Waals surface area contributed by atoms with E-state index in [2.05, 4.69) is 5.32 Å². The highest BCUT2D eigenvalue weighted by atomic mass is 16.6. The van der Waals surface area contributed by atoms with Gasteiger partial charge >= 0.3 is 5.97 Å². The van der Waals surface area contributed by atoms with Gasteiger partial charge in [0.25, 0.3) is 0 Å². The van der Waals surface area contributed by atoms with Gasteiger partial charge in [-0.3, -0.25) is 4.79 Å². The molecule has 6 heteroatoms. The summed E-state index contributed by atoms with van der Waals surface area (Å²) in [6.07, 6.45) is 0. The molecule has 1 heterocycles. The summed E-state index contributed by atoms with van der Waals surface area (Å²) < 4.78 is 11.0. The largest absolute Gasteiger partial charge is 0.486 e. The third-order valence-corrected chi connectivity index (χ3v) is 3.23. The Morgan fingerprint density at radius 2 is 1.95 bits per heavy atom. The first-order valence-corrected chi connectivity index (χ1v) is 6.10. The lowest BCUT2D eigenvalue weighted by Crippen LogP contribution is -2.43. The molecule has 0 aliphatic carbocycles. The summed E-state index contributed by atoms with van der Waals surface area (Å²) in [4.78, 5) is 11.1. The van der Waals surface area contributed by atoms with Crippen LogP contribution in [0.1, 0.15) is 17.2 Å². The van der Waals surface area contributed by atoms with Gasteiger partial charge in [0.2, 0.25) is 0 Å². The molecule has 0 bridgehead atoms. The summed E-state index contributed by atoms with van der Waals surface area (Å²) in [6.45, 7) is 2.88. The fourth-order valence-electron chi connectivity index (χ4n) is 2.20. The van der Waals surface area contributed by atoms with Crippen LogP contribution in [-0.4, -0.2) is 37.4 Å². The maximum absolute atomic E-state index is 11.1. The van der Waals surface area contributed by atoms with Crippen LogP contribution in [-0.2, 0) is 4.79 Å². The van der Waals surface area contributed by atoms with Crippen LogP contribution < -0.4 is 20.5 Å². The van der Waals surface area contributed by atoms with Crippen molar-refractivity contribution in [2.45, 2.75) is 19.0 Å². The lowest BCUT2D eigenvalue weighted by molar-refractivity contribution is -0.139. The number of carboxylic acids is 1. The van der Waals surface area contributed by atoms with Crippen LogP contribution >= 0.6 is 0 Å². The Morgan fingerprint density at radius 1 is 1.37 bits per heavy atom. The van der Waals surface area contributed by atoms with Gasteiger partial charge in [-0.1, -0.05) is 0 Å². The van der Waals surface area contributed by atoms with Crippen molar-refractivity contribution in [1.29, 1.82) is 0 Å². The van der Waals surface area contributed by atoms with E-state index in [1.54, 1.807) is 13.1 Å². The standard InChI is InChI=1S/C13H18N2O4/c1-7-5-9-10(19-4-3-18-9)6-8(7)11(14)12(15-2)13(16)17/h5-6,11-12,15H,3-4,14H2,1-2H3,(H,16,17). The third kappa shape index (κ3) is 2.64. The van der Waals surface area contributed by atoms with Crippen molar-refractivity contribution in [2.75, 3.05) is 20.3 Å². The zero-order chi connectivity index (χ0) is 14.0. The van der Waals surface area contributed by atoms with Gasteiger partial charge in [0.15, 0.2) is 11.5 Å². The number of carboxylic acid groups (broad SMARTS) is 1. The van der Waals surface area contributed by atoms with Crippen molar-refractivity contribution in [1.82, 2.24) is 5.32 Å².